The molecule has 1 N–H and O–H groups in total. The minimum absolute atomic E-state index is 0.0114. The molecular formula is C11H15N3O2. The zero-order chi connectivity index (χ0) is 11.5. The lowest BCUT2D eigenvalue weighted by Crippen LogP contribution is -2.34. The van der Waals surface area contributed by atoms with E-state index in [1.54, 1.807) is 18.6 Å². The smallest absolute Gasteiger partial charge is 0.317 e. The van der Waals surface area contributed by atoms with Crippen molar-refractivity contribution in [3.05, 3.63) is 24.3 Å². The van der Waals surface area contributed by atoms with Gasteiger partial charge in [-0.25, -0.2) is 0 Å². The van der Waals surface area contributed by atoms with Crippen molar-refractivity contribution in [2.75, 3.05) is 6.54 Å². The van der Waals surface area contributed by atoms with E-state index in [4.69, 9.17) is 5.11 Å². The summed E-state index contributed by atoms with van der Waals surface area (Å²) in [6, 6.07) is 0.408. The third-order valence-corrected chi connectivity index (χ3v) is 2.84. The Labute approximate surface area is 94.1 Å². The van der Waals surface area contributed by atoms with Crippen LogP contribution < -0.4 is 0 Å². The molecule has 1 aliphatic rings. The van der Waals surface area contributed by atoms with Crippen molar-refractivity contribution in [3.63, 3.8) is 0 Å². The van der Waals surface area contributed by atoms with Crippen molar-refractivity contribution in [2.45, 2.75) is 31.8 Å². The number of hydrogen-bond donors (Lipinski definition) is 1. The van der Waals surface area contributed by atoms with Gasteiger partial charge in [0.1, 0.15) is 0 Å². The SMILES string of the molecule is C[C@H](c1cnccn1)N(CC(=O)O)C1CC1. The average molecular weight is 221 g/mol. The minimum atomic E-state index is -0.789. The second-order valence-corrected chi connectivity index (χ2v) is 4.10. The van der Waals surface area contributed by atoms with E-state index in [9.17, 15) is 4.79 Å². The molecule has 1 aliphatic carbocycles. The van der Waals surface area contributed by atoms with Crippen molar-refractivity contribution in [3.8, 4) is 0 Å². The summed E-state index contributed by atoms with van der Waals surface area (Å²) in [6.07, 6.45) is 7.12. The first-order valence-electron chi connectivity index (χ1n) is 5.42. The van der Waals surface area contributed by atoms with Gasteiger partial charge >= 0.3 is 5.97 Å². The highest BCUT2D eigenvalue weighted by Gasteiger charge is 2.34. The summed E-state index contributed by atoms with van der Waals surface area (Å²) < 4.78 is 0. The fraction of sp³-hybridized carbons (Fsp3) is 0.545. The predicted octanol–water partition coefficient (Wildman–Crippen LogP) is 1.09. The Morgan fingerprint density at radius 1 is 1.62 bits per heavy atom. The Kier molecular flexibility index (Phi) is 3.14. The number of carbonyl (C=O) groups is 1. The standard InChI is InChI=1S/C11H15N3O2/c1-8(10-6-12-4-5-13-10)14(7-11(15)16)9-2-3-9/h4-6,8-9H,2-3,7H2,1H3,(H,15,16)/t8-/m1/s1. The monoisotopic (exact) mass is 221 g/mol. The molecule has 1 aromatic rings. The molecule has 1 aromatic heterocycles. The largest absolute Gasteiger partial charge is 0.480 e. The van der Waals surface area contributed by atoms with Crippen LogP contribution in [0.3, 0.4) is 0 Å². The van der Waals surface area contributed by atoms with Gasteiger partial charge in [0.15, 0.2) is 0 Å². The second-order valence-electron chi connectivity index (χ2n) is 4.10. The third kappa shape index (κ3) is 2.55. The van der Waals surface area contributed by atoms with Crippen molar-refractivity contribution in [1.82, 2.24) is 14.9 Å². The zero-order valence-electron chi connectivity index (χ0n) is 9.21. The van der Waals surface area contributed by atoms with Gasteiger partial charge < -0.3 is 5.11 Å². The van der Waals surface area contributed by atoms with Crippen LogP contribution in [0.1, 0.15) is 31.5 Å². The van der Waals surface area contributed by atoms with Crippen LogP contribution in [0.2, 0.25) is 0 Å². The summed E-state index contributed by atoms with van der Waals surface area (Å²) in [7, 11) is 0. The molecule has 2 rings (SSSR count). The first-order valence-corrected chi connectivity index (χ1v) is 5.42. The molecule has 0 unspecified atom stereocenters. The van der Waals surface area contributed by atoms with E-state index in [0.717, 1.165) is 18.5 Å². The molecule has 86 valence electrons. The van der Waals surface area contributed by atoms with Crippen LogP contribution in [0.4, 0.5) is 0 Å². The van der Waals surface area contributed by atoms with Gasteiger partial charge in [0.05, 0.1) is 18.3 Å². The van der Waals surface area contributed by atoms with Gasteiger partial charge in [-0.15, -0.1) is 0 Å². The number of aliphatic carboxylic acids is 1. The highest BCUT2D eigenvalue weighted by molar-refractivity contribution is 5.69. The average Bonchev–Trinajstić information content (AvgIpc) is 3.10. The Morgan fingerprint density at radius 3 is 2.88 bits per heavy atom. The van der Waals surface area contributed by atoms with Crippen LogP contribution in [0.25, 0.3) is 0 Å². The highest BCUT2D eigenvalue weighted by atomic mass is 16.4. The van der Waals surface area contributed by atoms with E-state index in [0.29, 0.717) is 6.04 Å². The topological polar surface area (TPSA) is 66.3 Å². The molecule has 0 saturated heterocycles. The number of nitrogens with zero attached hydrogens (tertiary/aromatic N) is 3. The van der Waals surface area contributed by atoms with Crippen LogP contribution in [0.15, 0.2) is 18.6 Å². The van der Waals surface area contributed by atoms with Crippen molar-refractivity contribution in [1.29, 1.82) is 0 Å². The van der Waals surface area contributed by atoms with Gasteiger partial charge in [-0.1, -0.05) is 0 Å². The van der Waals surface area contributed by atoms with Gasteiger partial charge in [-0.2, -0.15) is 0 Å². The fourth-order valence-corrected chi connectivity index (χ4v) is 1.84. The molecule has 5 heteroatoms. The molecule has 1 saturated carbocycles. The van der Waals surface area contributed by atoms with Crippen molar-refractivity contribution in [2.24, 2.45) is 0 Å². The van der Waals surface area contributed by atoms with E-state index >= 15 is 0 Å². The summed E-state index contributed by atoms with van der Waals surface area (Å²) in [5, 5.41) is 8.88. The summed E-state index contributed by atoms with van der Waals surface area (Å²) in [6.45, 7) is 2.05. The Morgan fingerprint density at radius 2 is 2.38 bits per heavy atom. The van der Waals surface area contributed by atoms with Crippen LogP contribution >= 0.6 is 0 Å². The van der Waals surface area contributed by atoms with Gasteiger partial charge in [-0.05, 0) is 19.8 Å². The fourth-order valence-electron chi connectivity index (χ4n) is 1.84. The molecule has 0 radical (unpaired) electrons. The highest BCUT2D eigenvalue weighted by Crippen LogP contribution is 2.33. The molecular weight excluding hydrogens is 206 g/mol. The van der Waals surface area contributed by atoms with Crippen LogP contribution in [0.5, 0.6) is 0 Å². The van der Waals surface area contributed by atoms with E-state index in [1.807, 2.05) is 11.8 Å². The number of rotatable bonds is 5. The first kappa shape index (κ1) is 11.0. The van der Waals surface area contributed by atoms with E-state index in [-0.39, 0.29) is 12.6 Å². The Balaban J connectivity index is 2.10. The molecule has 0 aromatic carbocycles. The van der Waals surface area contributed by atoms with Crippen molar-refractivity contribution < 1.29 is 9.90 Å². The first-order chi connectivity index (χ1) is 7.68. The molecule has 1 atom stereocenters. The summed E-state index contributed by atoms with van der Waals surface area (Å²) in [4.78, 5) is 21.0. The summed E-state index contributed by atoms with van der Waals surface area (Å²) >= 11 is 0. The molecule has 0 spiro atoms. The van der Waals surface area contributed by atoms with Gasteiger partial charge in [0.2, 0.25) is 0 Å². The van der Waals surface area contributed by atoms with Crippen LogP contribution in [0, 0.1) is 0 Å². The lowest BCUT2D eigenvalue weighted by atomic mass is 10.2. The van der Waals surface area contributed by atoms with Crippen LogP contribution in [-0.2, 0) is 4.79 Å². The molecule has 1 heterocycles. The zero-order valence-corrected chi connectivity index (χ0v) is 9.21. The third-order valence-electron chi connectivity index (χ3n) is 2.84. The minimum Gasteiger partial charge on any atom is -0.480 e. The van der Waals surface area contributed by atoms with Gasteiger partial charge in [0.25, 0.3) is 0 Å². The maximum Gasteiger partial charge on any atom is 0.317 e. The molecule has 0 amide bonds. The molecule has 0 bridgehead atoms. The predicted molar refractivity (Wildman–Crippen MR) is 57.8 cm³/mol. The molecule has 5 nitrogen and oxygen atoms in total. The quantitative estimate of drug-likeness (QED) is 0.806. The van der Waals surface area contributed by atoms with Crippen molar-refractivity contribution >= 4 is 5.97 Å². The van der Waals surface area contributed by atoms with E-state index < -0.39 is 5.97 Å². The number of hydrogen-bond acceptors (Lipinski definition) is 4. The van der Waals surface area contributed by atoms with Gasteiger partial charge in [-0.3, -0.25) is 19.7 Å². The number of carboxylic acid groups (broad SMARTS) is 1. The molecule has 0 aliphatic heterocycles. The lowest BCUT2D eigenvalue weighted by molar-refractivity contribution is -0.139. The maximum absolute atomic E-state index is 10.8. The molecule has 16 heavy (non-hydrogen) atoms. The Hall–Kier alpha value is -1.49. The normalized spacial score (nSPS) is 17.4. The molecule has 1 fully saturated rings. The van der Waals surface area contributed by atoms with E-state index in [2.05, 4.69) is 9.97 Å². The number of carboxylic acids is 1. The second kappa shape index (κ2) is 4.57. The van der Waals surface area contributed by atoms with Gasteiger partial charge in [0, 0.05) is 24.6 Å². The Bertz CT molecular complexity index is 365. The van der Waals surface area contributed by atoms with E-state index in [1.165, 1.54) is 0 Å². The maximum atomic E-state index is 10.8. The van der Waals surface area contributed by atoms with Crippen LogP contribution in [-0.4, -0.2) is 38.5 Å². The summed E-state index contributed by atoms with van der Waals surface area (Å²) in [5.74, 6) is -0.789. The number of aromatic nitrogens is 2. The summed E-state index contributed by atoms with van der Waals surface area (Å²) in [5.41, 5.74) is 0.829. The lowest BCUT2D eigenvalue weighted by Gasteiger charge is -2.26.